The Balaban J connectivity index is 3.00. The summed E-state index contributed by atoms with van der Waals surface area (Å²) in [5.41, 5.74) is 0.201. The van der Waals surface area contributed by atoms with E-state index in [2.05, 4.69) is 4.18 Å². The molecule has 0 aliphatic carbocycles. The Labute approximate surface area is 109 Å². The van der Waals surface area contributed by atoms with Gasteiger partial charge in [0.15, 0.2) is 0 Å². The van der Waals surface area contributed by atoms with Crippen molar-refractivity contribution in [1.82, 2.24) is 0 Å². The molecular weight excluding hydrogens is 289 g/mol. The maximum Gasteiger partial charge on any atom is 0.333 e. The van der Waals surface area contributed by atoms with Crippen molar-refractivity contribution in [2.45, 2.75) is 19.1 Å². The van der Waals surface area contributed by atoms with Crippen LogP contribution in [0.2, 0.25) is 10.0 Å². The van der Waals surface area contributed by atoms with Crippen molar-refractivity contribution in [2.75, 3.05) is 0 Å². The molecule has 0 heterocycles. The third-order valence-electron chi connectivity index (χ3n) is 2.03. The molecule has 0 radical (unpaired) electrons. The first-order chi connectivity index (χ1) is 7.72. The summed E-state index contributed by atoms with van der Waals surface area (Å²) >= 11 is 11.7. The fourth-order valence-corrected chi connectivity index (χ4v) is 2.44. The summed E-state index contributed by atoms with van der Waals surface area (Å²) in [6.45, 7) is 1.34. The summed E-state index contributed by atoms with van der Waals surface area (Å²) in [6.07, 6.45) is -2.39. The van der Waals surface area contributed by atoms with Crippen LogP contribution in [0, 0.1) is 0 Å². The Hall–Kier alpha value is -0.370. The molecule has 1 aromatic carbocycles. The van der Waals surface area contributed by atoms with Crippen LogP contribution < -0.4 is 5.14 Å². The lowest BCUT2D eigenvalue weighted by Gasteiger charge is -2.20. The summed E-state index contributed by atoms with van der Waals surface area (Å²) in [7, 11) is -4.15. The molecule has 0 amide bonds. The standard InChI is InChI=1S/C9H11Cl2NO4S/c1-5(16-17(12,14)15)9(13)8-6(10)3-2-4-7(8)11/h2-5,9,13H,1H3,(H2,12,14,15). The number of nitrogens with two attached hydrogens (primary N) is 1. The first-order valence-corrected chi connectivity index (χ1v) is 6.78. The first kappa shape index (κ1) is 14.7. The molecule has 0 fully saturated rings. The van der Waals surface area contributed by atoms with Crippen molar-refractivity contribution in [3.05, 3.63) is 33.8 Å². The zero-order valence-corrected chi connectivity index (χ0v) is 11.1. The maximum atomic E-state index is 10.7. The molecule has 8 heteroatoms. The molecule has 5 nitrogen and oxygen atoms in total. The van der Waals surface area contributed by atoms with Gasteiger partial charge < -0.3 is 5.11 Å². The fourth-order valence-electron chi connectivity index (χ4n) is 1.29. The predicted octanol–water partition coefficient (Wildman–Crippen LogP) is 1.64. The minimum atomic E-state index is -4.15. The molecule has 3 N–H and O–H groups in total. The largest absolute Gasteiger partial charge is 0.386 e. The van der Waals surface area contributed by atoms with Crippen molar-refractivity contribution in [1.29, 1.82) is 0 Å². The highest BCUT2D eigenvalue weighted by atomic mass is 35.5. The molecule has 17 heavy (non-hydrogen) atoms. The van der Waals surface area contributed by atoms with Gasteiger partial charge in [0, 0.05) is 15.6 Å². The van der Waals surface area contributed by atoms with Gasteiger partial charge in [0.05, 0.1) is 0 Å². The molecule has 0 aromatic heterocycles. The Bertz CT molecular complexity index is 485. The van der Waals surface area contributed by atoms with E-state index in [0.717, 1.165) is 0 Å². The van der Waals surface area contributed by atoms with Crippen molar-refractivity contribution in [3.8, 4) is 0 Å². The molecule has 0 spiro atoms. The predicted molar refractivity (Wildman–Crippen MR) is 65.1 cm³/mol. The third-order valence-corrected chi connectivity index (χ3v) is 3.26. The monoisotopic (exact) mass is 299 g/mol. The lowest BCUT2D eigenvalue weighted by atomic mass is 10.1. The van der Waals surface area contributed by atoms with Crippen LogP contribution in [0.4, 0.5) is 0 Å². The Morgan fingerprint density at radius 1 is 1.35 bits per heavy atom. The summed E-state index contributed by atoms with van der Waals surface area (Å²) in [6, 6.07) is 4.65. The zero-order chi connectivity index (χ0) is 13.2. The van der Waals surface area contributed by atoms with Crippen molar-refractivity contribution in [3.63, 3.8) is 0 Å². The van der Waals surface area contributed by atoms with E-state index >= 15 is 0 Å². The molecule has 96 valence electrons. The average molecular weight is 300 g/mol. The second-order valence-corrected chi connectivity index (χ2v) is 5.37. The molecule has 0 aliphatic rings. The summed E-state index contributed by atoms with van der Waals surface area (Å²) in [5, 5.41) is 15.0. The Kier molecular flexibility index (Phi) is 4.77. The molecule has 2 unspecified atom stereocenters. The molecule has 1 rings (SSSR count). The minimum absolute atomic E-state index is 0.201. The summed E-state index contributed by atoms with van der Waals surface area (Å²) in [5.74, 6) is 0. The highest BCUT2D eigenvalue weighted by molar-refractivity contribution is 7.84. The van der Waals surface area contributed by atoms with Crippen molar-refractivity contribution >= 4 is 33.5 Å². The lowest BCUT2D eigenvalue weighted by Crippen LogP contribution is -2.27. The second kappa shape index (κ2) is 5.51. The van der Waals surface area contributed by atoms with Crippen LogP contribution in [-0.4, -0.2) is 19.6 Å². The van der Waals surface area contributed by atoms with E-state index in [9.17, 15) is 13.5 Å². The van der Waals surface area contributed by atoms with Gasteiger partial charge in [-0.05, 0) is 19.1 Å². The van der Waals surface area contributed by atoms with Gasteiger partial charge in [-0.25, -0.2) is 5.14 Å². The van der Waals surface area contributed by atoms with Gasteiger partial charge in [-0.2, -0.15) is 8.42 Å². The first-order valence-electron chi connectivity index (χ1n) is 4.55. The molecule has 0 bridgehead atoms. The van der Waals surface area contributed by atoms with Gasteiger partial charge in [-0.15, -0.1) is 0 Å². The number of hydrogen-bond acceptors (Lipinski definition) is 4. The van der Waals surface area contributed by atoms with Gasteiger partial charge in [0.2, 0.25) is 0 Å². The molecule has 0 aliphatic heterocycles. The van der Waals surface area contributed by atoms with E-state index in [1.54, 1.807) is 6.07 Å². The van der Waals surface area contributed by atoms with Crippen LogP contribution in [0.15, 0.2) is 18.2 Å². The van der Waals surface area contributed by atoms with Crippen molar-refractivity contribution in [2.24, 2.45) is 5.14 Å². The topological polar surface area (TPSA) is 89.6 Å². The van der Waals surface area contributed by atoms with Crippen LogP contribution >= 0.6 is 23.2 Å². The number of benzene rings is 1. The number of halogens is 2. The average Bonchev–Trinajstić information content (AvgIpc) is 2.14. The van der Waals surface area contributed by atoms with E-state index in [0.29, 0.717) is 0 Å². The fraction of sp³-hybridized carbons (Fsp3) is 0.333. The van der Waals surface area contributed by atoms with E-state index in [-0.39, 0.29) is 15.6 Å². The summed E-state index contributed by atoms with van der Waals surface area (Å²) in [4.78, 5) is 0. The molecule has 0 saturated carbocycles. The van der Waals surface area contributed by atoms with Gasteiger partial charge in [0.25, 0.3) is 0 Å². The highest BCUT2D eigenvalue weighted by Gasteiger charge is 2.25. The molecular formula is C9H11Cl2NO4S. The van der Waals surface area contributed by atoms with E-state index < -0.39 is 22.5 Å². The van der Waals surface area contributed by atoms with Crippen molar-refractivity contribution < 1.29 is 17.7 Å². The quantitative estimate of drug-likeness (QED) is 0.884. The lowest BCUT2D eigenvalue weighted by molar-refractivity contribution is 0.0509. The highest BCUT2D eigenvalue weighted by Crippen LogP contribution is 2.32. The van der Waals surface area contributed by atoms with Gasteiger partial charge in [0.1, 0.15) is 12.2 Å². The normalized spacial score (nSPS) is 15.6. The van der Waals surface area contributed by atoms with E-state index in [1.807, 2.05) is 0 Å². The number of aliphatic hydroxyl groups is 1. The van der Waals surface area contributed by atoms with Crippen LogP contribution in [-0.2, 0) is 14.5 Å². The zero-order valence-electron chi connectivity index (χ0n) is 8.80. The summed E-state index contributed by atoms with van der Waals surface area (Å²) < 4.78 is 25.9. The SMILES string of the molecule is CC(OS(N)(=O)=O)C(O)c1c(Cl)cccc1Cl. The van der Waals surface area contributed by atoms with E-state index in [1.165, 1.54) is 19.1 Å². The van der Waals surface area contributed by atoms with Gasteiger partial charge in [-0.3, -0.25) is 4.18 Å². The van der Waals surface area contributed by atoms with Gasteiger partial charge >= 0.3 is 10.3 Å². The molecule has 0 saturated heterocycles. The number of hydrogen-bond donors (Lipinski definition) is 2. The van der Waals surface area contributed by atoms with Crippen LogP contribution in [0.3, 0.4) is 0 Å². The Morgan fingerprint density at radius 2 is 1.82 bits per heavy atom. The molecule has 1 aromatic rings. The second-order valence-electron chi connectivity index (χ2n) is 3.37. The van der Waals surface area contributed by atoms with E-state index in [4.69, 9.17) is 28.3 Å². The van der Waals surface area contributed by atoms with Gasteiger partial charge in [-0.1, -0.05) is 29.3 Å². The minimum Gasteiger partial charge on any atom is -0.386 e. The van der Waals surface area contributed by atoms with Crippen LogP contribution in [0.5, 0.6) is 0 Å². The maximum absolute atomic E-state index is 10.7. The molecule has 2 atom stereocenters. The number of aliphatic hydroxyl groups excluding tert-OH is 1. The van der Waals surface area contributed by atoms with Crippen LogP contribution in [0.25, 0.3) is 0 Å². The van der Waals surface area contributed by atoms with Crippen LogP contribution in [0.1, 0.15) is 18.6 Å². The smallest absolute Gasteiger partial charge is 0.333 e. The number of rotatable bonds is 4. The Morgan fingerprint density at radius 3 is 2.24 bits per heavy atom. The third kappa shape index (κ3) is 4.09.